The predicted molar refractivity (Wildman–Crippen MR) is 296 cm³/mol. The molecule has 8 heteroatoms. The lowest BCUT2D eigenvalue weighted by Gasteiger charge is -2.28. The Labute approximate surface area is 420 Å². The summed E-state index contributed by atoms with van der Waals surface area (Å²) >= 11 is 1.69. The van der Waals surface area contributed by atoms with Crippen LogP contribution in [0.15, 0.2) is 130 Å². The Bertz CT molecular complexity index is 3910. The molecule has 0 amide bonds. The molecule has 0 spiro atoms. The summed E-state index contributed by atoms with van der Waals surface area (Å²) < 4.78 is 17.8. The highest BCUT2D eigenvalue weighted by Crippen LogP contribution is 2.49. The van der Waals surface area contributed by atoms with Crippen LogP contribution in [-0.2, 0) is 22.7 Å². The first-order valence-corrected chi connectivity index (χ1v) is 25.6. The minimum Gasteiger partial charge on any atom is -0.507 e. The lowest BCUT2D eigenvalue weighted by Crippen LogP contribution is -2.17. The number of rotatable bonds is 6. The van der Waals surface area contributed by atoms with E-state index in [4.69, 9.17) is 23.8 Å². The fraction of sp³-hybridized carbons (Fsp3) is 0.286. The largest absolute Gasteiger partial charge is 0.507 e. The molecule has 0 unspecified atom stereocenters. The molecule has 1 N–H and O–H groups in total. The van der Waals surface area contributed by atoms with E-state index in [9.17, 15) is 5.11 Å². The Morgan fingerprint density at radius 3 is 2.01 bits per heavy atom. The zero-order valence-corrected chi connectivity index (χ0v) is 44.0. The van der Waals surface area contributed by atoms with Gasteiger partial charge in [0, 0.05) is 45.0 Å². The van der Waals surface area contributed by atoms with Crippen molar-refractivity contribution in [3.63, 3.8) is 0 Å². The summed E-state index contributed by atoms with van der Waals surface area (Å²) in [4.78, 5) is 15.7. The van der Waals surface area contributed by atoms with Crippen LogP contribution in [0.2, 0.25) is 0 Å². The molecule has 0 bridgehead atoms. The van der Waals surface area contributed by atoms with Crippen LogP contribution in [-0.4, -0.2) is 24.6 Å². The third kappa shape index (κ3) is 7.92. The molecule has 0 aliphatic heterocycles. The van der Waals surface area contributed by atoms with Crippen molar-refractivity contribution < 1.29 is 13.9 Å². The van der Waals surface area contributed by atoms with Crippen molar-refractivity contribution in [3.05, 3.63) is 150 Å². The van der Waals surface area contributed by atoms with Crippen molar-refractivity contribution in [2.24, 2.45) is 5.41 Å². The molecular formula is C63H62N4O3S. The third-order valence-corrected chi connectivity index (χ3v) is 15.3. The highest BCUT2D eigenvalue weighted by Gasteiger charge is 2.31. The van der Waals surface area contributed by atoms with Crippen molar-refractivity contribution in [1.29, 1.82) is 0 Å². The number of furan rings is 2. The molecule has 0 radical (unpaired) electrons. The second kappa shape index (κ2) is 16.3. The van der Waals surface area contributed by atoms with E-state index in [0.717, 1.165) is 122 Å². The first-order valence-electron chi connectivity index (χ1n) is 24.8. The summed E-state index contributed by atoms with van der Waals surface area (Å²) in [6, 6.07) is 40.9. The Kier molecular flexibility index (Phi) is 10.6. The summed E-state index contributed by atoms with van der Waals surface area (Å²) in [5.41, 5.74) is 16.1. The molecular weight excluding hydrogens is 893 g/mol. The third-order valence-electron chi connectivity index (χ3n) is 14.0. The number of hydrogen-bond acceptors (Lipinski definition) is 7. The molecule has 7 nitrogen and oxygen atoms in total. The number of aryl methyl sites for hydroxylation is 1. The van der Waals surface area contributed by atoms with Crippen LogP contribution >= 0.6 is 11.3 Å². The monoisotopic (exact) mass is 954 g/mol. The van der Waals surface area contributed by atoms with E-state index < -0.39 is 0 Å². The van der Waals surface area contributed by atoms with E-state index in [-0.39, 0.29) is 27.4 Å². The quantitative estimate of drug-likeness (QED) is 0.179. The number of aromatic nitrogens is 4. The van der Waals surface area contributed by atoms with Gasteiger partial charge in [-0.05, 0) is 93.3 Å². The Hall–Kier alpha value is -7.03. The first kappa shape index (κ1) is 46.4. The lowest BCUT2D eigenvalue weighted by molar-refractivity contribution is 0.369. The van der Waals surface area contributed by atoms with Crippen LogP contribution in [0, 0.1) is 12.3 Å². The van der Waals surface area contributed by atoms with Crippen LogP contribution in [0.25, 0.3) is 104 Å². The van der Waals surface area contributed by atoms with Gasteiger partial charge >= 0.3 is 0 Å². The minimum absolute atomic E-state index is 0.0702. The van der Waals surface area contributed by atoms with Crippen LogP contribution in [0.3, 0.4) is 0 Å². The Morgan fingerprint density at radius 2 is 1.30 bits per heavy atom. The Morgan fingerprint density at radius 1 is 0.577 bits per heavy atom. The Balaban J connectivity index is 1.23. The van der Waals surface area contributed by atoms with Crippen LogP contribution < -0.4 is 0 Å². The molecule has 0 saturated carbocycles. The molecule has 358 valence electrons. The summed E-state index contributed by atoms with van der Waals surface area (Å²) in [6.07, 6.45) is 2.49. The predicted octanol–water partition coefficient (Wildman–Crippen LogP) is 17.8. The summed E-state index contributed by atoms with van der Waals surface area (Å²) in [7, 11) is 0. The molecule has 5 aromatic heterocycles. The molecule has 71 heavy (non-hydrogen) atoms. The van der Waals surface area contributed by atoms with Gasteiger partial charge in [-0.2, -0.15) is 0 Å². The van der Waals surface area contributed by atoms with Gasteiger partial charge in [0.2, 0.25) is 0 Å². The number of nitrogens with zero attached hydrogens (tertiary/aromatic N) is 4. The summed E-state index contributed by atoms with van der Waals surface area (Å²) in [6.45, 7) is 28.8. The molecule has 0 aliphatic rings. The van der Waals surface area contributed by atoms with Gasteiger partial charge in [-0.25, -0.2) is 15.0 Å². The second-order valence-corrected chi connectivity index (χ2v) is 24.8. The minimum atomic E-state index is -0.351. The van der Waals surface area contributed by atoms with E-state index in [1.165, 1.54) is 5.56 Å². The molecule has 0 atom stereocenters. The zero-order chi connectivity index (χ0) is 50.1. The lowest BCUT2D eigenvalue weighted by atomic mass is 9.79. The van der Waals surface area contributed by atoms with Crippen LogP contribution in [0.5, 0.6) is 5.75 Å². The van der Waals surface area contributed by atoms with Crippen molar-refractivity contribution in [2.45, 2.75) is 113 Å². The molecule has 11 aromatic rings. The van der Waals surface area contributed by atoms with Crippen LogP contribution in [0.1, 0.15) is 111 Å². The average molecular weight is 955 g/mol. The molecule has 6 aromatic carbocycles. The number of phenols is 1. The maximum atomic E-state index is 12.7. The van der Waals surface area contributed by atoms with E-state index in [2.05, 4.69) is 198 Å². The van der Waals surface area contributed by atoms with Gasteiger partial charge in [0.25, 0.3) is 0 Å². The number of aromatic hydroxyl groups is 1. The van der Waals surface area contributed by atoms with Crippen LogP contribution in [0.4, 0.5) is 0 Å². The van der Waals surface area contributed by atoms with Gasteiger partial charge in [-0.15, -0.1) is 11.3 Å². The van der Waals surface area contributed by atoms with E-state index in [1.54, 1.807) is 17.7 Å². The average Bonchev–Trinajstić information content (AvgIpc) is 4.07. The maximum Gasteiger partial charge on any atom is 0.171 e. The number of para-hydroxylation sites is 2. The topological polar surface area (TPSA) is 90.1 Å². The first-order chi connectivity index (χ1) is 33.5. The van der Waals surface area contributed by atoms with Gasteiger partial charge in [0.05, 0.1) is 37.4 Å². The fourth-order valence-corrected chi connectivity index (χ4v) is 11.4. The number of hydrogen-bond donors (Lipinski definition) is 1. The number of imidazole rings is 1. The standard InChI is InChI=1S/C63H62N4O3S/c1-35-50(33-60(2,3)4)70-56-53-58(71-57(35)56)52(64-34-65-53)44-29-37(28-43-41-22-17-18-25-49(41)69-55(43)44)40-23-19-24-48-51(40)66-59(45-31-39(62(8,9)10)32-46(54(45)68)63(11,12)13)67(48)47-27-26-38(61(5,6)7)30-42(47)36-20-15-14-16-21-36/h14-32,34,68H,33H2,1-13H3. The molecule has 11 rings (SSSR count). The highest BCUT2D eigenvalue weighted by molar-refractivity contribution is 7.26. The maximum absolute atomic E-state index is 12.7. The summed E-state index contributed by atoms with van der Waals surface area (Å²) in [5, 5.41) is 14.7. The second-order valence-electron chi connectivity index (χ2n) is 23.8. The van der Waals surface area contributed by atoms with Crippen molar-refractivity contribution >= 4 is 64.8 Å². The molecule has 5 heterocycles. The fourth-order valence-electron chi connectivity index (χ4n) is 10.2. The van der Waals surface area contributed by atoms with Gasteiger partial charge in [0.1, 0.15) is 40.3 Å². The molecule has 0 aliphatic carbocycles. The van der Waals surface area contributed by atoms with E-state index in [1.807, 2.05) is 12.1 Å². The zero-order valence-electron chi connectivity index (χ0n) is 43.2. The van der Waals surface area contributed by atoms with E-state index >= 15 is 0 Å². The highest BCUT2D eigenvalue weighted by atomic mass is 32.1. The number of thiophene rings is 1. The SMILES string of the molecule is Cc1c(CC(C)(C)C)oc2c1sc1c(-c3cc(-c4cccc5c4nc(-c4cc(C(C)(C)C)cc(C(C)(C)C)c4O)n5-c4ccc(C(C)(C)C)cc4-c4ccccc4)cc4c3oc3ccccc34)ncnc12. The van der Waals surface area contributed by atoms with E-state index in [0.29, 0.717) is 11.4 Å². The number of fused-ring (bicyclic) bond motifs is 7. The molecule has 0 saturated heterocycles. The normalized spacial score (nSPS) is 13.0. The number of phenolic OH excluding ortho intramolecular Hbond substituents is 1. The summed E-state index contributed by atoms with van der Waals surface area (Å²) in [5.74, 6) is 1.90. The number of benzene rings is 6. The van der Waals surface area contributed by atoms with Gasteiger partial charge in [-0.1, -0.05) is 156 Å². The van der Waals surface area contributed by atoms with Gasteiger partial charge in [-0.3, -0.25) is 4.57 Å². The molecule has 0 fully saturated rings. The van der Waals surface area contributed by atoms with Gasteiger partial charge < -0.3 is 13.9 Å². The van der Waals surface area contributed by atoms with Crippen molar-refractivity contribution in [2.75, 3.05) is 0 Å². The smallest absolute Gasteiger partial charge is 0.171 e. The van der Waals surface area contributed by atoms with Gasteiger partial charge in [0.15, 0.2) is 5.58 Å². The van der Waals surface area contributed by atoms with Crippen molar-refractivity contribution in [3.8, 4) is 56.3 Å². The van der Waals surface area contributed by atoms with Crippen molar-refractivity contribution in [1.82, 2.24) is 19.5 Å².